The van der Waals surface area contributed by atoms with E-state index in [1.807, 2.05) is 0 Å². The van der Waals surface area contributed by atoms with Crippen molar-refractivity contribution in [1.29, 1.82) is 0 Å². The Morgan fingerprint density at radius 3 is 2.56 bits per heavy atom. The molecule has 27 heavy (non-hydrogen) atoms. The van der Waals surface area contributed by atoms with Crippen molar-refractivity contribution < 1.29 is 30.4 Å². The quantitative estimate of drug-likeness (QED) is 0.704. The molecule has 3 rings (SSSR count). The summed E-state index contributed by atoms with van der Waals surface area (Å²) in [6, 6.07) is 7.54. The normalized spacial score (nSPS) is 15.5. The van der Waals surface area contributed by atoms with Gasteiger partial charge in [-0.1, -0.05) is 6.07 Å². The molecule has 1 aliphatic rings. The van der Waals surface area contributed by atoms with Gasteiger partial charge in [-0.25, -0.2) is 25.9 Å². The SMILES string of the molecule is O=C(CNS(=O)(=O)c1cccc(F)c1)N1CC(S(=O)(=O)Cc2ccco2)C1. The van der Waals surface area contributed by atoms with Gasteiger partial charge >= 0.3 is 0 Å². The van der Waals surface area contributed by atoms with Crippen molar-refractivity contribution in [2.45, 2.75) is 15.9 Å². The number of sulfone groups is 1. The van der Waals surface area contributed by atoms with Crippen LogP contribution < -0.4 is 4.72 Å². The van der Waals surface area contributed by atoms with Gasteiger partial charge in [-0.2, -0.15) is 0 Å². The van der Waals surface area contributed by atoms with Crippen LogP contribution in [0.5, 0.6) is 0 Å². The zero-order chi connectivity index (χ0) is 19.7. The molecule has 2 heterocycles. The maximum Gasteiger partial charge on any atom is 0.241 e. The van der Waals surface area contributed by atoms with Gasteiger partial charge in [-0.3, -0.25) is 4.79 Å². The predicted molar refractivity (Wildman–Crippen MR) is 93.3 cm³/mol. The molecule has 2 aromatic rings. The van der Waals surface area contributed by atoms with E-state index >= 15 is 0 Å². The second-order valence-electron chi connectivity index (χ2n) is 6.09. The van der Waals surface area contributed by atoms with Gasteiger partial charge in [0.2, 0.25) is 15.9 Å². The molecular formula is C16H17FN2O6S2. The summed E-state index contributed by atoms with van der Waals surface area (Å²) in [5.74, 6) is -1.20. The molecule has 146 valence electrons. The Kier molecular flexibility index (Phi) is 5.36. The van der Waals surface area contributed by atoms with Gasteiger partial charge in [-0.05, 0) is 30.3 Å². The number of nitrogens with zero attached hydrogens (tertiary/aromatic N) is 1. The lowest BCUT2D eigenvalue weighted by Gasteiger charge is -2.38. The summed E-state index contributed by atoms with van der Waals surface area (Å²) < 4.78 is 68.9. The molecule has 0 unspecified atom stereocenters. The van der Waals surface area contributed by atoms with Crippen molar-refractivity contribution in [3.63, 3.8) is 0 Å². The number of rotatable bonds is 7. The first-order valence-electron chi connectivity index (χ1n) is 7.94. The molecule has 0 saturated carbocycles. The van der Waals surface area contributed by atoms with Crippen molar-refractivity contribution in [3.8, 4) is 0 Å². The number of amides is 1. The predicted octanol–water partition coefficient (Wildman–Crippen LogP) is 0.523. The van der Waals surface area contributed by atoms with E-state index in [1.165, 1.54) is 23.3 Å². The highest BCUT2D eigenvalue weighted by Crippen LogP contribution is 2.21. The van der Waals surface area contributed by atoms with Crippen LogP contribution in [0.3, 0.4) is 0 Å². The number of furan rings is 1. The molecule has 0 aliphatic carbocycles. The molecule has 1 aromatic carbocycles. The number of sulfonamides is 1. The molecule has 8 nitrogen and oxygen atoms in total. The third kappa shape index (κ3) is 4.54. The molecule has 1 saturated heterocycles. The number of carbonyl (C=O) groups is 1. The number of carbonyl (C=O) groups excluding carboxylic acids is 1. The van der Waals surface area contributed by atoms with Crippen LogP contribution in [-0.2, 0) is 30.4 Å². The van der Waals surface area contributed by atoms with Gasteiger partial charge < -0.3 is 9.32 Å². The van der Waals surface area contributed by atoms with Crippen LogP contribution in [0.2, 0.25) is 0 Å². The molecule has 1 aliphatic heterocycles. The van der Waals surface area contributed by atoms with Gasteiger partial charge in [-0.15, -0.1) is 0 Å². The summed E-state index contributed by atoms with van der Waals surface area (Å²) in [6.45, 7) is -0.559. The number of likely N-dealkylation sites (tertiary alicyclic amines) is 1. The minimum absolute atomic E-state index is 0.0103. The van der Waals surface area contributed by atoms with Crippen LogP contribution >= 0.6 is 0 Å². The number of halogens is 1. The molecule has 1 fully saturated rings. The number of benzene rings is 1. The summed E-state index contributed by atoms with van der Waals surface area (Å²) in [4.78, 5) is 13.0. The van der Waals surface area contributed by atoms with E-state index in [0.717, 1.165) is 12.1 Å². The zero-order valence-electron chi connectivity index (χ0n) is 14.0. The summed E-state index contributed by atoms with van der Waals surface area (Å²) in [5, 5.41) is -0.716. The standard InChI is InChI=1S/C16H17FN2O6S2/c17-12-3-1-5-14(7-12)27(23,24)18-8-16(20)19-9-15(10-19)26(21,22)11-13-4-2-6-25-13/h1-7,15,18H,8-11H2. The third-order valence-electron chi connectivity index (χ3n) is 4.15. The van der Waals surface area contributed by atoms with Gasteiger partial charge in [0.15, 0.2) is 9.84 Å². The zero-order valence-corrected chi connectivity index (χ0v) is 15.7. The number of hydrogen-bond donors (Lipinski definition) is 1. The Morgan fingerprint density at radius 1 is 1.19 bits per heavy atom. The van der Waals surface area contributed by atoms with Crippen molar-refractivity contribution in [3.05, 3.63) is 54.2 Å². The lowest BCUT2D eigenvalue weighted by Crippen LogP contribution is -2.58. The van der Waals surface area contributed by atoms with Crippen LogP contribution in [0.1, 0.15) is 5.76 Å². The lowest BCUT2D eigenvalue weighted by atomic mass is 10.2. The summed E-state index contributed by atoms with van der Waals surface area (Å²) in [7, 11) is -7.51. The molecule has 0 atom stereocenters. The summed E-state index contributed by atoms with van der Waals surface area (Å²) in [6.07, 6.45) is 1.38. The molecule has 1 N–H and O–H groups in total. The minimum Gasteiger partial charge on any atom is -0.468 e. The Morgan fingerprint density at radius 2 is 1.93 bits per heavy atom. The van der Waals surface area contributed by atoms with Crippen molar-refractivity contribution in [1.82, 2.24) is 9.62 Å². The largest absolute Gasteiger partial charge is 0.468 e. The van der Waals surface area contributed by atoms with E-state index in [9.17, 15) is 26.0 Å². The lowest BCUT2D eigenvalue weighted by molar-refractivity contribution is -0.133. The topological polar surface area (TPSA) is 114 Å². The number of nitrogens with one attached hydrogen (secondary N) is 1. The average Bonchev–Trinajstić information content (AvgIpc) is 3.03. The second-order valence-corrected chi connectivity index (χ2v) is 10.1. The molecule has 1 aromatic heterocycles. The Bertz CT molecular complexity index is 1030. The van der Waals surface area contributed by atoms with E-state index in [-0.39, 0.29) is 23.7 Å². The first-order chi connectivity index (χ1) is 12.7. The molecule has 0 radical (unpaired) electrons. The van der Waals surface area contributed by atoms with E-state index < -0.39 is 43.4 Å². The second kappa shape index (κ2) is 7.41. The monoisotopic (exact) mass is 416 g/mol. The highest BCUT2D eigenvalue weighted by Gasteiger charge is 2.40. The van der Waals surface area contributed by atoms with Crippen molar-refractivity contribution >= 4 is 25.8 Å². The van der Waals surface area contributed by atoms with E-state index in [0.29, 0.717) is 5.76 Å². The Balaban J connectivity index is 1.52. The van der Waals surface area contributed by atoms with Crippen LogP contribution in [0.25, 0.3) is 0 Å². The molecular weight excluding hydrogens is 399 g/mol. The Hall–Kier alpha value is -2.24. The molecule has 11 heteroatoms. The van der Waals surface area contributed by atoms with Gasteiger partial charge in [0.05, 0.1) is 23.0 Å². The van der Waals surface area contributed by atoms with Gasteiger partial charge in [0, 0.05) is 13.1 Å². The summed E-state index contributed by atoms with van der Waals surface area (Å²) in [5.41, 5.74) is 0. The van der Waals surface area contributed by atoms with E-state index in [2.05, 4.69) is 4.72 Å². The number of hydrogen-bond acceptors (Lipinski definition) is 6. The highest BCUT2D eigenvalue weighted by molar-refractivity contribution is 7.91. The van der Waals surface area contributed by atoms with Crippen LogP contribution in [-0.4, -0.2) is 52.5 Å². The van der Waals surface area contributed by atoms with Crippen LogP contribution in [0.4, 0.5) is 4.39 Å². The fourth-order valence-electron chi connectivity index (χ4n) is 2.57. The fraction of sp³-hybridized carbons (Fsp3) is 0.312. The fourth-order valence-corrected chi connectivity index (χ4v) is 5.18. The maximum absolute atomic E-state index is 13.1. The van der Waals surface area contributed by atoms with Crippen LogP contribution in [0.15, 0.2) is 52.0 Å². The van der Waals surface area contributed by atoms with Gasteiger partial charge in [0.1, 0.15) is 17.3 Å². The summed E-state index contributed by atoms with van der Waals surface area (Å²) >= 11 is 0. The molecule has 1 amide bonds. The maximum atomic E-state index is 13.1. The van der Waals surface area contributed by atoms with Crippen molar-refractivity contribution in [2.24, 2.45) is 0 Å². The third-order valence-corrected chi connectivity index (χ3v) is 7.55. The average molecular weight is 416 g/mol. The first-order valence-corrected chi connectivity index (χ1v) is 11.1. The van der Waals surface area contributed by atoms with E-state index in [4.69, 9.17) is 4.42 Å². The molecule has 0 spiro atoms. The van der Waals surface area contributed by atoms with Crippen molar-refractivity contribution in [2.75, 3.05) is 19.6 Å². The smallest absolute Gasteiger partial charge is 0.241 e. The van der Waals surface area contributed by atoms with E-state index in [1.54, 1.807) is 12.1 Å². The Labute approximate surface area is 155 Å². The first kappa shape index (κ1) is 19.5. The minimum atomic E-state index is -4.04. The molecule has 0 bridgehead atoms. The highest BCUT2D eigenvalue weighted by atomic mass is 32.2. The van der Waals surface area contributed by atoms with Crippen LogP contribution in [0, 0.1) is 5.82 Å². The van der Waals surface area contributed by atoms with Gasteiger partial charge in [0.25, 0.3) is 0 Å².